The molecule has 1 amide bonds. The fourth-order valence-electron chi connectivity index (χ4n) is 2.74. The van der Waals surface area contributed by atoms with Crippen LogP contribution in [0.2, 0.25) is 5.02 Å². The molecular weight excluding hydrogens is 362 g/mol. The number of furan rings is 1. The van der Waals surface area contributed by atoms with Crippen molar-refractivity contribution < 1.29 is 13.9 Å². The van der Waals surface area contributed by atoms with Gasteiger partial charge in [-0.15, -0.1) is 0 Å². The van der Waals surface area contributed by atoms with Gasteiger partial charge in [0.2, 0.25) is 0 Å². The maximum atomic E-state index is 12.3. The molecule has 0 atom stereocenters. The Morgan fingerprint density at radius 1 is 0.926 bits per heavy atom. The van der Waals surface area contributed by atoms with Crippen LogP contribution in [0.1, 0.15) is 16.3 Å². The van der Waals surface area contributed by atoms with Gasteiger partial charge in [-0.3, -0.25) is 4.79 Å². The van der Waals surface area contributed by atoms with Crippen LogP contribution in [-0.4, -0.2) is 5.91 Å². The lowest BCUT2D eigenvalue weighted by Crippen LogP contribution is -2.11. The second-order valence-electron chi connectivity index (χ2n) is 6.00. The fraction of sp³-hybridized carbons (Fsp3) is 0.0455. The predicted octanol–water partition coefficient (Wildman–Crippen LogP) is 5.92. The SMILES string of the molecule is O=C(Nc1ccccc1Cl)c1ccc(COc2ccc3ccccc3c2)o1. The number of para-hydroxylation sites is 1. The minimum atomic E-state index is -0.361. The van der Waals surface area contributed by atoms with Gasteiger partial charge < -0.3 is 14.5 Å². The molecule has 0 unspecified atom stereocenters. The van der Waals surface area contributed by atoms with E-state index in [1.54, 1.807) is 36.4 Å². The number of ether oxygens (including phenoxy) is 1. The molecule has 1 N–H and O–H groups in total. The summed E-state index contributed by atoms with van der Waals surface area (Å²) in [5, 5.41) is 5.46. The number of rotatable bonds is 5. The molecule has 0 aliphatic carbocycles. The van der Waals surface area contributed by atoms with Crippen molar-refractivity contribution in [3.05, 3.63) is 95.4 Å². The average Bonchev–Trinajstić information content (AvgIpc) is 3.17. The summed E-state index contributed by atoms with van der Waals surface area (Å²) in [6, 6.07) is 24.3. The molecule has 134 valence electrons. The van der Waals surface area contributed by atoms with Crippen molar-refractivity contribution in [2.75, 3.05) is 5.32 Å². The quantitative estimate of drug-likeness (QED) is 0.469. The van der Waals surface area contributed by atoms with E-state index in [2.05, 4.69) is 11.4 Å². The molecule has 4 aromatic rings. The van der Waals surface area contributed by atoms with Gasteiger partial charge in [-0.2, -0.15) is 0 Å². The highest BCUT2D eigenvalue weighted by atomic mass is 35.5. The highest BCUT2D eigenvalue weighted by Gasteiger charge is 2.13. The number of fused-ring (bicyclic) bond motifs is 1. The predicted molar refractivity (Wildman–Crippen MR) is 106 cm³/mol. The normalized spacial score (nSPS) is 10.7. The van der Waals surface area contributed by atoms with Gasteiger partial charge in [0.15, 0.2) is 5.76 Å². The third kappa shape index (κ3) is 3.96. The maximum absolute atomic E-state index is 12.3. The number of nitrogens with one attached hydrogen (secondary N) is 1. The van der Waals surface area contributed by atoms with Crippen LogP contribution in [0.5, 0.6) is 5.75 Å². The van der Waals surface area contributed by atoms with Crippen LogP contribution in [-0.2, 0) is 6.61 Å². The smallest absolute Gasteiger partial charge is 0.291 e. The molecule has 0 spiro atoms. The molecule has 0 saturated heterocycles. The minimum absolute atomic E-state index is 0.201. The van der Waals surface area contributed by atoms with Gasteiger partial charge in [0, 0.05) is 0 Å². The van der Waals surface area contributed by atoms with E-state index in [0.29, 0.717) is 16.5 Å². The van der Waals surface area contributed by atoms with Gasteiger partial charge in [-0.1, -0.05) is 54.1 Å². The summed E-state index contributed by atoms with van der Waals surface area (Å²) in [7, 11) is 0. The number of hydrogen-bond acceptors (Lipinski definition) is 3. The molecule has 0 saturated carbocycles. The first-order valence-electron chi connectivity index (χ1n) is 8.45. The van der Waals surface area contributed by atoms with Crippen molar-refractivity contribution in [3.63, 3.8) is 0 Å². The lowest BCUT2D eigenvalue weighted by molar-refractivity contribution is 0.0992. The topological polar surface area (TPSA) is 51.5 Å². The molecule has 5 heteroatoms. The molecule has 1 heterocycles. The second-order valence-corrected chi connectivity index (χ2v) is 6.40. The number of anilines is 1. The lowest BCUT2D eigenvalue weighted by atomic mass is 10.1. The average molecular weight is 378 g/mol. The van der Waals surface area contributed by atoms with Crippen LogP contribution in [0.25, 0.3) is 10.8 Å². The Hall–Kier alpha value is -3.24. The van der Waals surface area contributed by atoms with Gasteiger partial charge in [0.05, 0.1) is 10.7 Å². The number of amides is 1. The van der Waals surface area contributed by atoms with Crippen molar-refractivity contribution in [1.82, 2.24) is 0 Å². The highest BCUT2D eigenvalue weighted by molar-refractivity contribution is 6.33. The molecule has 27 heavy (non-hydrogen) atoms. The third-order valence-electron chi connectivity index (χ3n) is 4.11. The molecule has 0 aliphatic rings. The van der Waals surface area contributed by atoms with Crippen LogP contribution in [0.4, 0.5) is 5.69 Å². The van der Waals surface area contributed by atoms with Crippen molar-refractivity contribution in [3.8, 4) is 5.75 Å². The second kappa shape index (κ2) is 7.56. The zero-order valence-corrected chi connectivity index (χ0v) is 15.1. The molecule has 4 nitrogen and oxygen atoms in total. The van der Waals surface area contributed by atoms with Crippen LogP contribution in [0.15, 0.2) is 83.3 Å². The van der Waals surface area contributed by atoms with E-state index < -0.39 is 0 Å². The van der Waals surface area contributed by atoms with Crippen LogP contribution in [0, 0.1) is 0 Å². The van der Waals surface area contributed by atoms with E-state index in [-0.39, 0.29) is 18.3 Å². The molecular formula is C22H16ClNO3. The molecule has 0 radical (unpaired) electrons. The number of carbonyl (C=O) groups excluding carboxylic acids is 1. The molecule has 0 bridgehead atoms. The van der Waals surface area contributed by atoms with Gasteiger partial charge >= 0.3 is 0 Å². The highest BCUT2D eigenvalue weighted by Crippen LogP contribution is 2.23. The van der Waals surface area contributed by atoms with E-state index in [4.69, 9.17) is 20.8 Å². The third-order valence-corrected chi connectivity index (χ3v) is 4.44. The van der Waals surface area contributed by atoms with E-state index in [1.165, 1.54) is 0 Å². The maximum Gasteiger partial charge on any atom is 0.291 e. The van der Waals surface area contributed by atoms with E-state index in [1.807, 2.05) is 36.4 Å². The molecule has 0 aliphatic heterocycles. The lowest BCUT2D eigenvalue weighted by Gasteiger charge is -2.06. The van der Waals surface area contributed by atoms with E-state index in [9.17, 15) is 4.79 Å². The zero-order valence-electron chi connectivity index (χ0n) is 14.3. The monoisotopic (exact) mass is 377 g/mol. The Morgan fingerprint density at radius 3 is 2.56 bits per heavy atom. The van der Waals surface area contributed by atoms with Crippen molar-refractivity contribution >= 4 is 34.0 Å². The largest absolute Gasteiger partial charge is 0.486 e. The summed E-state index contributed by atoms with van der Waals surface area (Å²) in [5.41, 5.74) is 0.537. The summed E-state index contributed by atoms with van der Waals surface area (Å²) >= 11 is 6.05. The van der Waals surface area contributed by atoms with Crippen LogP contribution < -0.4 is 10.1 Å². The van der Waals surface area contributed by atoms with Crippen molar-refractivity contribution in [2.45, 2.75) is 6.61 Å². The van der Waals surface area contributed by atoms with Crippen LogP contribution in [0.3, 0.4) is 0 Å². The summed E-state index contributed by atoms with van der Waals surface area (Å²) in [5.74, 6) is 1.15. The standard InChI is InChI=1S/C22H16ClNO3/c23-19-7-3-4-8-20(19)24-22(25)21-12-11-18(27-21)14-26-17-10-9-15-5-1-2-6-16(15)13-17/h1-13H,14H2,(H,24,25). The van der Waals surface area contributed by atoms with Crippen molar-refractivity contribution in [1.29, 1.82) is 0 Å². The summed E-state index contributed by atoms with van der Waals surface area (Å²) in [6.07, 6.45) is 0. The van der Waals surface area contributed by atoms with Crippen molar-refractivity contribution in [2.24, 2.45) is 0 Å². The number of benzene rings is 3. The van der Waals surface area contributed by atoms with Gasteiger partial charge in [-0.05, 0) is 47.2 Å². The first-order chi connectivity index (χ1) is 13.2. The van der Waals surface area contributed by atoms with E-state index in [0.717, 1.165) is 16.5 Å². The first-order valence-corrected chi connectivity index (χ1v) is 8.83. The number of carbonyl (C=O) groups is 1. The van der Waals surface area contributed by atoms with Crippen LogP contribution >= 0.6 is 11.6 Å². The Bertz CT molecular complexity index is 1100. The molecule has 1 aromatic heterocycles. The Kier molecular flexibility index (Phi) is 4.81. The molecule has 4 rings (SSSR count). The van der Waals surface area contributed by atoms with Gasteiger partial charge in [0.25, 0.3) is 5.91 Å². The van der Waals surface area contributed by atoms with E-state index >= 15 is 0 Å². The minimum Gasteiger partial charge on any atom is -0.486 e. The molecule has 0 fully saturated rings. The molecule has 3 aromatic carbocycles. The Morgan fingerprint density at radius 2 is 1.70 bits per heavy atom. The Balaban J connectivity index is 1.41. The first kappa shape index (κ1) is 17.2. The summed E-state index contributed by atoms with van der Waals surface area (Å²) in [4.78, 5) is 12.3. The van der Waals surface area contributed by atoms with Gasteiger partial charge in [-0.25, -0.2) is 0 Å². The summed E-state index contributed by atoms with van der Waals surface area (Å²) < 4.78 is 11.4. The fourth-order valence-corrected chi connectivity index (χ4v) is 2.92. The zero-order chi connectivity index (χ0) is 18.6. The Labute approximate surface area is 161 Å². The van der Waals surface area contributed by atoms with Gasteiger partial charge in [0.1, 0.15) is 18.1 Å². The number of halogens is 1. The number of hydrogen-bond donors (Lipinski definition) is 1. The summed E-state index contributed by atoms with van der Waals surface area (Å²) in [6.45, 7) is 0.234.